The van der Waals surface area contributed by atoms with Gasteiger partial charge in [-0.1, -0.05) is 18.2 Å². The van der Waals surface area contributed by atoms with E-state index in [0.29, 0.717) is 46.0 Å². The predicted octanol–water partition coefficient (Wildman–Crippen LogP) is 4.46. The summed E-state index contributed by atoms with van der Waals surface area (Å²) < 4.78 is 15.8. The van der Waals surface area contributed by atoms with E-state index in [9.17, 15) is 19.7 Å². The quantitative estimate of drug-likeness (QED) is 0.357. The van der Waals surface area contributed by atoms with Gasteiger partial charge in [-0.2, -0.15) is 0 Å². The molecule has 9 nitrogen and oxygen atoms in total. The average molecular weight is 493 g/mol. The highest BCUT2D eigenvalue weighted by atomic mass is 16.6. The van der Waals surface area contributed by atoms with Crippen LogP contribution in [-0.2, 0) is 14.3 Å². The first-order valence-electron chi connectivity index (χ1n) is 11.5. The predicted molar refractivity (Wildman–Crippen MR) is 132 cm³/mol. The van der Waals surface area contributed by atoms with E-state index in [-0.39, 0.29) is 29.4 Å². The van der Waals surface area contributed by atoms with Gasteiger partial charge in [-0.3, -0.25) is 14.9 Å². The second kappa shape index (κ2) is 9.85. The monoisotopic (exact) mass is 492 g/mol. The molecule has 188 valence electrons. The molecule has 2 aliphatic rings. The number of nitro groups is 1. The van der Waals surface area contributed by atoms with Crippen molar-refractivity contribution in [1.29, 1.82) is 0 Å². The lowest BCUT2D eigenvalue weighted by molar-refractivity contribution is -0.385. The Kier molecular flexibility index (Phi) is 6.83. The third-order valence-corrected chi connectivity index (χ3v) is 6.88. The second-order valence-corrected chi connectivity index (χ2v) is 8.93. The minimum Gasteiger partial charge on any atom is -0.493 e. The van der Waals surface area contributed by atoms with Gasteiger partial charge in [-0.25, -0.2) is 4.79 Å². The number of hydrogen-bond donors (Lipinski definition) is 1. The fraction of sp³-hybridized carbons (Fsp3) is 0.333. The molecule has 1 aliphatic carbocycles. The molecule has 1 aliphatic heterocycles. The number of benzene rings is 2. The lowest BCUT2D eigenvalue weighted by Crippen LogP contribution is -2.36. The molecule has 4 rings (SSSR count). The number of ether oxygens (including phenoxy) is 3. The van der Waals surface area contributed by atoms with Crippen LogP contribution in [0.15, 0.2) is 58.9 Å². The van der Waals surface area contributed by atoms with Crippen LogP contribution < -0.4 is 14.8 Å². The highest BCUT2D eigenvalue weighted by Gasteiger charge is 2.41. The SMILES string of the molecule is COC(=O)C1=C(C)NC2=C(C(=O)C[C@H](c3ccc(OC)c(OC)c3)C2)[C@@H]1c1ccc(C)c([N+](=O)[O-])c1. The van der Waals surface area contributed by atoms with E-state index >= 15 is 0 Å². The van der Waals surface area contributed by atoms with Crippen LogP contribution in [0.1, 0.15) is 48.3 Å². The third kappa shape index (κ3) is 4.32. The van der Waals surface area contributed by atoms with Gasteiger partial charge in [0.05, 0.1) is 31.8 Å². The van der Waals surface area contributed by atoms with Crippen LogP contribution >= 0.6 is 0 Å². The van der Waals surface area contributed by atoms with Crippen molar-refractivity contribution in [1.82, 2.24) is 5.32 Å². The Labute approximate surface area is 208 Å². The first-order valence-corrected chi connectivity index (χ1v) is 11.5. The van der Waals surface area contributed by atoms with E-state index in [2.05, 4.69) is 5.32 Å². The number of esters is 1. The first kappa shape index (κ1) is 25.0. The van der Waals surface area contributed by atoms with Crippen LogP contribution in [-0.4, -0.2) is 38.0 Å². The van der Waals surface area contributed by atoms with E-state index in [1.807, 2.05) is 18.2 Å². The molecule has 36 heavy (non-hydrogen) atoms. The minimum absolute atomic E-state index is 0.0680. The Bertz CT molecular complexity index is 1330. The zero-order valence-electron chi connectivity index (χ0n) is 20.8. The first-order chi connectivity index (χ1) is 17.2. The number of methoxy groups -OCH3 is 3. The summed E-state index contributed by atoms with van der Waals surface area (Å²) in [5.74, 6) is -0.439. The van der Waals surface area contributed by atoms with Crippen molar-refractivity contribution in [2.75, 3.05) is 21.3 Å². The molecular formula is C27H28N2O7. The van der Waals surface area contributed by atoms with Gasteiger partial charge in [0.1, 0.15) is 0 Å². The summed E-state index contributed by atoms with van der Waals surface area (Å²) in [7, 11) is 4.40. The van der Waals surface area contributed by atoms with Crippen LogP contribution in [0.5, 0.6) is 11.5 Å². The number of nitrogens with zero attached hydrogens (tertiary/aromatic N) is 1. The van der Waals surface area contributed by atoms with Gasteiger partial charge in [-0.05, 0) is 49.4 Å². The van der Waals surface area contributed by atoms with Crippen molar-refractivity contribution in [3.63, 3.8) is 0 Å². The van der Waals surface area contributed by atoms with E-state index in [1.165, 1.54) is 13.2 Å². The number of carbonyl (C=O) groups excluding carboxylic acids is 2. The number of carbonyl (C=O) groups is 2. The molecule has 0 amide bonds. The number of hydrogen-bond acceptors (Lipinski definition) is 8. The second-order valence-electron chi connectivity index (χ2n) is 8.93. The number of ketones is 1. The molecule has 0 aromatic heterocycles. The topological polar surface area (TPSA) is 117 Å². The molecule has 9 heteroatoms. The molecular weight excluding hydrogens is 464 g/mol. The highest BCUT2D eigenvalue weighted by Crippen LogP contribution is 2.47. The van der Waals surface area contributed by atoms with Crippen molar-refractivity contribution >= 4 is 17.4 Å². The minimum atomic E-state index is -0.771. The Balaban J connectivity index is 1.82. The van der Waals surface area contributed by atoms with Gasteiger partial charge in [0.15, 0.2) is 17.3 Å². The number of nitro benzene ring substituents is 1. The lowest BCUT2D eigenvalue weighted by Gasteiger charge is -2.36. The largest absolute Gasteiger partial charge is 0.493 e. The highest BCUT2D eigenvalue weighted by molar-refractivity contribution is 6.04. The number of nitrogens with one attached hydrogen (secondary N) is 1. The maximum absolute atomic E-state index is 13.7. The van der Waals surface area contributed by atoms with Crippen molar-refractivity contribution in [3.8, 4) is 11.5 Å². The van der Waals surface area contributed by atoms with Crippen LogP contribution in [0.2, 0.25) is 0 Å². The van der Waals surface area contributed by atoms with Gasteiger partial charge >= 0.3 is 5.97 Å². The maximum atomic E-state index is 13.7. The Morgan fingerprint density at radius 3 is 2.33 bits per heavy atom. The number of allylic oxidation sites excluding steroid dienone is 3. The molecule has 0 fully saturated rings. The molecule has 0 saturated carbocycles. The number of Topliss-reactive ketones (excluding diaryl/α,β-unsaturated/α-hetero) is 1. The molecule has 0 saturated heterocycles. The molecule has 2 aromatic carbocycles. The molecule has 0 unspecified atom stereocenters. The van der Waals surface area contributed by atoms with Gasteiger partial charge in [-0.15, -0.1) is 0 Å². The van der Waals surface area contributed by atoms with Gasteiger partial charge in [0.2, 0.25) is 0 Å². The summed E-state index contributed by atoms with van der Waals surface area (Å²) in [6.45, 7) is 3.40. The fourth-order valence-corrected chi connectivity index (χ4v) is 5.10. The fourth-order valence-electron chi connectivity index (χ4n) is 5.10. The summed E-state index contributed by atoms with van der Waals surface area (Å²) in [4.78, 5) is 37.7. The maximum Gasteiger partial charge on any atom is 0.336 e. The summed E-state index contributed by atoms with van der Waals surface area (Å²) in [6.07, 6.45) is 0.737. The summed E-state index contributed by atoms with van der Waals surface area (Å²) in [5, 5.41) is 14.9. The third-order valence-electron chi connectivity index (χ3n) is 6.88. The molecule has 1 N–H and O–H groups in total. The molecule has 2 atom stereocenters. The van der Waals surface area contributed by atoms with Gasteiger partial charge in [0, 0.05) is 40.9 Å². The molecule has 0 radical (unpaired) electrons. The molecule has 1 heterocycles. The van der Waals surface area contributed by atoms with E-state index < -0.39 is 16.8 Å². The summed E-state index contributed by atoms with van der Waals surface area (Å²) >= 11 is 0. The standard InChI is InChI=1S/C27H28N2O7/c1-14-6-7-17(11-20(14)29(32)33)25-24(27(31)36-5)15(2)28-19-10-18(12-21(30)26(19)25)16-8-9-22(34-3)23(13-16)35-4/h6-9,11,13,18,25,28H,10,12H2,1-5H3/t18-,25-/m1/s1. The Hall–Kier alpha value is -4.14. The number of dihydropyridines is 1. The zero-order chi connectivity index (χ0) is 26.1. The van der Waals surface area contributed by atoms with Gasteiger partial charge in [0.25, 0.3) is 5.69 Å². The van der Waals surface area contributed by atoms with E-state index in [1.54, 1.807) is 40.2 Å². The summed E-state index contributed by atoms with van der Waals surface area (Å²) in [6, 6.07) is 10.4. The van der Waals surface area contributed by atoms with Crippen molar-refractivity contribution in [2.24, 2.45) is 0 Å². The lowest BCUT2D eigenvalue weighted by atomic mass is 9.71. The smallest absolute Gasteiger partial charge is 0.336 e. The normalized spacial score (nSPS) is 19.4. The van der Waals surface area contributed by atoms with Crippen molar-refractivity contribution in [2.45, 2.75) is 38.5 Å². The molecule has 0 spiro atoms. The van der Waals surface area contributed by atoms with E-state index in [0.717, 1.165) is 5.56 Å². The van der Waals surface area contributed by atoms with Crippen molar-refractivity contribution < 1.29 is 28.7 Å². The number of aryl methyl sites for hydroxylation is 1. The molecule has 0 bridgehead atoms. The Morgan fingerprint density at radius 1 is 1.00 bits per heavy atom. The molecule has 2 aromatic rings. The van der Waals surface area contributed by atoms with Crippen LogP contribution in [0.3, 0.4) is 0 Å². The summed E-state index contributed by atoms with van der Waals surface area (Å²) in [5.41, 5.74) is 3.82. The van der Waals surface area contributed by atoms with Crippen LogP contribution in [0.4, 0.5) is 5.69 Å². The average Bonchev–Trinajstić information content (AvgIpc) is 2.87. The Morgan fingerprint density at radius 2 is 1.69 bits per heavy atom. The van der Waals surface area contributed by atoms with Crippen molar-refractivity contribution in [3.05, 3.63) is 85.7 Å². The van der Waals surface area contributed by atoms with Crippen LogP contribution in [0.25, 0.3) is 0 Å². The zero-order valence-corrected chi connectivity index (χ0v) is 20.8. The van der Waals surface area contributed by atoms with Gasteiger partial charge < -0.3 is 19.5 Å². The van der Waals surface area contributed by atoms with E-state index in [4.69, 9.17) is 14.2 Å². The van der Waals surface area contributed by atoms with Crippen LogP contribution in [0, 0.1) is 17.0 Å². The number of rotatable bonds is 6.